The van der Waals surface area contributed by atoms with Crippen LogP contribution in [0.4, 0.5) is 0 Å². The van der Waals surface area contributed by atoms with E-state index >= 15 is 0 Å². The van der Waals surface area contributed by atoms with Gasteiger partial charge in [-0.05, 0) is 29.5 Å². The predicted molar refractivity (Wildman–Crippen MR) is 50.2 cm³/mol. The lowest BCUT2D eigenvalue weighted by Gasteiger charge is -1.95. The van der Waals surface area contributed by atoms with E-state index in [1.165, 1.54) is 0 Å². The van der Waals surface area contributed by atoms with E-state index in [9.17, 15) is 4.79 Å². The largest absolute Gasteiger partial charge is 0.300 e. The normalized spacial score (nSPS) is 10.0. The Morgan fingerprint density at radius 3 is 3.00 bits per heavy atom. The zero-order valence-corrected chi connectivity index (χ0v) is 8.41. The molecule has 4 heteroatoms. The summed E-state index contributed by atoms with van der Waals surface area (Å²) in [4.78, 5) is 10.6. The number of rotatable bonds is 3. The maximum absolute atomic E-state index is 10.6. The molecule has 11 heavy (non-hydrogen) atoms. The van der Waals surface area contributed by atoms with Gasteiger partial charge in [0.1, 0.15) is 5.78 Å². The molecule has 60 valence electrons. The van der Waals surface area contributed by atoms with E-state index in [2.05, 4.69) is 27.7 Å². The van der Waals surface area contributed by atoms with Crippen molar-refractivity contribution in [3.8, 4) is 0 Å². The second-order valence-corrected chi connectivity index (χ2v) is 3.62. The number of ketones is 1. The highest BCUT2D eigenvalue weighted by molar-refractivity contribution is 14.1. The van der Waals surface area contributed by atoms with Crippen LogP contribution in [0.5, 0.6) is 0 Å². The molecule has 0 radical (unpaired) electrons. The van der Waals surface area contributed by atoms with Crippen LogP contribution in [0.2, 0.25) is 0 Å². The first-order valence-electron chi connectivity index (χ1n) is 3.36. The Hall–Kier alpha value is -0.390. The quantitative estimate of drug-likeness (QED) is 0.775. The SMILES string of the molecule is CC(=O)CCn1cc(I)cn1. The third kappa shape index (κ3) is 3.00. The van der Waals surface area contributed by atoms with E-state index in [0.29, 0.717) is 13.0 Å². The van der Waals surface area contributed by atoms with Gasteiger partial charge in [0.05, 0.1) is 9.77 Å². The van der Waals surface area contributed by atoms with Crippen molar-refractivity contribution in [3.05, 3.63) is 16.0 Å². The lowest BCUT2D eigenvalue weighted by Crippen LogP contribution is -2.02. The molecule has 0 aliphatic carbocycles. The summed E-state index contributed by atoms with van der Waals surface area (Å²) in [5.74, 6) is 0.204. The van der Waals surface area contributed by atoms with Crippen molar-refractivity contribution < 1.29 is 4.79 Å². The number of carbonyl (C=O) groups excluding carboxylic acids is 1. The molecule has 0 saturated carbocycles. The van der Waals surface area contributed by atoms with Gasteiger partial charge in [0.15, 0.2) is 0 Å². The van der Waals surface area contributed by atoms with E-state index in [4.69, 9.17) is 0 Å². The molecular weight excluding hydrogens is 255 g/mol. The van der Waals surface area contributed by atoms with Gasteiger partial charge in [0.25, 0.3) is 0 Å². The van der Waals surface area contributed by atoms with Crippen LogP contribution in [0.15, 0.2) is 12.4 Å². The van der Waals surface area contributed by atoms with Gasteiger partial charge in [0.2, 0.25) is 0 Å². The van der Waals surface area contributed by atoms with Crippen LogP contribution >= 0.6 is 22.6 Å². The van der Waals surface area contributed by atoms with E-state index in [1.54, 1.807) is 17.8 Å². The highest BCUT2D eigenvalue weighted by Gasteiger charge is 1.96. The van der Waals surface area contributed by atoms with Crippen LogP contribution in [-0.4, -0.2) is 15.6 Å². The molecule has 0 aromatic carbocycles. The average molecular weight is 264 g/mol. The summed E-state index contributed by atoms with van der Waals surface area (Å²) in [5, 5.41) is 4.04. The fourth-order valence-electron chi connectivity index (χ4n) is 0.733. The lowest BCUT2D eigenvalue weighted by molar-refractivity contribution is -0.117. The van der Waals surface area contributed by atoms with Gasteiger partial charge in [0, 0.05) is 19.2 Å². The number of hydrogen-bond donors (Lipinski definition) is 0. The minimum absolute atomic E-state index is 0.204. The van der Waals surface area contributed by atoms with E-state index in [0.717, 1.165) is 3.57 Å². The van der Waals surface area contributed by atoms with Gasteiger partial charge in [-0.25, -0.2) is 0 Å². The Morgan fingerprint density at radius 2 is 2.55 bits per heavy atom. The summed E-state index contributed by atoms with van der Waals surface area (Å²) in [7, 11) is 0. The van der Waals surface area contributed by atoms with Crippen LogP contribution in [0.1, 0.15) is 13.3 Å². The molecule has 0 unspecified atom stereocenters. The number of Topliss-reactive ketones (excluding diaryl/α,β-unsaturated/α-hetero) is 1. The highest BCUT2D eigenvalue weighted by Crippen LogP contribution is 2.01. The van der Waals surface area contributed by atoms with Crippen molar-refractivity contribution in [3.63, 3.8) is 0 Å². The van der Waals surface area contributed by atoms with Gasteiger partial charge in [-0.1, -0.05) is 0 Å². The van der Waals surface area contributed by atoms with Gasteiger partial charge < -0.3 is 0 Å². The first-order chi connectivity index (χ1) is 5.18. The van der Waals surface area contributed by atoms with Gasteiger partial charge in [-0.15, -0.1) is 0 Å². The molecule has 0 aliphatic rings. The van der Waals surface area contributed by atoms with Gasteiger partial charge in [-0.3, -0.25) is 9.48 Å². The van der Waals surface area contributed by atoms with Crippen molar-refractivity contribution in [2.24, 2.45) is 0 Å². The summed E-state index contributed by atoms with van der Waals surface area (Å²) in [6.45, 7) is 2.28. The van der Waals surface area contributed by atoms with Crippen LogP contribution in [0.25, 0.3) is 0 Å². The molecule has 0 N–H and O–H groups in total. The topological polar surface area (TPSA) is 34.9 Å². The molecule has 1 aromatic heterocycles. The maximum atomic E-state index is 10.6. The second-order valence-electron chi connectivity index (χ2n) is 2.37. The summed E-state index contributed by atoms with van der Waals surface area (Å²) in [6, 6.07) is 0. The van der Waals surface area contributed by atoms with Crippen molar-refractivity contribution in [1.82, 2.24) is 9.78 Å². The van der Waals surface area contributed by atoms with Crippen LogP contribution in [-0.2, 0) is 11.3 Å². The number of aryl methyl sites for hydroxylation is 1. The summed E-state index contributed by atoms with van der Waals surface area (Å²) in [6.07, 6.45) is 4.27. The fourth-order valence-corrected chi connectivity index (χ4v) is 1.18. The number of aromatic nitrogens is 2. The third-order valence-corrected chi connectivity index (χ3v) is 1.85. The molecule has 1 aromatic rings. The molecule has 0 amide bonds. The zero-order valence-electron chi connectivity index (χ0n) is 6.25. The third-order valence-electron chi connectivity index (χ3n) is 1.29. The van der Waals surface area contributed by atoms with Crippen molar-refractivity contribution in [2.45, 2.75) is 19.9 Å². The van der Waals surface area contributed by atoms with Crippen LogP contribution in [0.3, 0.4) is 0 Å². The Labute approximate surface area is 78.9 Å². The standard InChI is InChI=1S/C7H9IN2O/c1-6(11)2-3-10-5-7(8)4-9-10/h4-5H,2-3H2,1H3. The van der Waals surface area contributed by atoms with Crippen LogP contribution in [0, 0.1) is 3.57 Å². The number of nitrogens with zero attached hydrogens (tertiary/aromatic N) is 2. The van der Waals surface area contributed by atoms with E-state index in [1.807, 2.05) is 6.20 Å². The molecule has 3 nitrogen and oxygen atoms in total. The highest BCUT2D eigenvalue weighted by atomic mass is 127. The van der Waals surface area contributed by atoms with Gasteiger partial charge >= 0.3 is 0 Å². The summed E-state index contributed by atoms with van der Waals surface area (Å²) < 4.78 is 2.88. The predicted octanol–water partition coefficient (Wildman–Crippen LogP) is 1.47. The molecular formula is C7H9IN2O. The Kier molecular flexibility index (Phi) is 3.04. The van der Waals surface area contributed by atoms with Crippen molar-refractivity contribution >= 4 is 28.4 Å². The number of halogens is 1. The average Bonchev–Trinajstić information content (AvgIpc) is 2.31. The van der Waals surface area contributed by atoms with Crippen molar-refractivity contribution in [1.29, 1.82) is 0 Å². The minimum atomic E-state index is 0.204. The molecule has 1 heterocycles. The molecule has 0 fully saturated rings. The monoisotopic (exact) mass is 264 g/mol. The number of carbonyl (C=O) groups is 1. The number of hydrogen-bond acceptors (Lipinski definition) is 2. The lowest BCUT2D eigenvalue weighted by atomic mass is 10.3. The second kappa shape index (κ2) is 3.85. The molecule has 0 bridgehead atoms. The first-order valence-corrected chi connectivity index (χ1v) is 4.44. The van der Waals surface area contributed by atoms with E-state index < -0.39 is 0 Å². The zero-order chi connectivity index (χ0) is 8.27. The van der Waals surface area contributed by atoms with E-state index in [-0.39, 0.29) is 5.78 Å². The Balaban J connectivity index is 2.45. The first kappa shape index (κ1) is 8.70. The fraction of sp³-hybridized carbons (Fsp3) is 0.429. The Bertz CT molecular complexity index is 257. The molecule has 0 atom stereocenters. The smallest absolute Gasteiger partial charge is 0.131 e. The molecule has 0 aliphatic heterocycles. The Morgan fingerprint density at radius 1 is 1.82 bits per heavy atom. The molecule has 0 saturated heterocycles. The van der Waals surface area contributed by atoms with Gasteiger partial charge in [-0.2, -0.15) is 5.10 Å². The molecule has 0 spiro atoms. The minimum Gasteiger partial charge on any atom is -0.300 e. The van der Waals surface area contributed by atoms with Crippen molar-refractivity contribution in [2.75, 3.05) is 0 Å². The van der Waals surface area contributed by atoms with Crippen LogP contribution < -0.4 is 0 Å². The maximum Gasteiger partial charge on any atom is 0.131 e. The molecule has 1 rings (SSSR count). The summed E-state index contributed by atoms with van der Waals surface area (Å²) in [5.41, 5.74) is 0. The summed E-state index contributed by atoms with van der Waals surface area (Å²) >= 11 is 2.19.